The first kappa shape index (κ1) is 31.4. The minimum atomic E-state index is -0.0589. The summed E-state index contributed by atoms with van der Waals surface area (Å²) in [4.78, 5) is 7.54. The van der Waals surface area contributed by atoms with Gasteiger partial charge in [0.2, 0.25) is 5.89 Å². The van der Waals surface area contributed by atoms with Crippen LogP contribution in [0, 0.1) is 0 Å². The van der Waals surface area contributed by atoms with Gasteiger partial charge in [0, 0.05) is 34.9 Å². The van der Waals surface area contributed by atoms with E-state index >= 15 is 0 Å². The highest BCUT2D eigenvalue weighted by Gasteiger charge is 2.35. The molecule has 0 fully saturated rings. The second kappa shape index (κ2) is 12.8. The van der Waals surface area contributed by atoms with E-state index in [9.17, 15) is 0 Å². The van der Waals surface area contributed by atoms with E-state index in [2.05, 4.69) is 163 Å². The van der Waals surface area contributed by atoms with Crippen LogP contribution in [0.5, 0.6) is 5.75 Å². The second-order valence-corrected chi connectivity index (χ2v) is 14.2. The largest absolute Gasteiger partial charge is 0.485 e. The summed E-state index contributed by atoms with van der Waals surface area (Å²) >= 11 is 0. The Balaban J connectivity index is 1.15. The number of ether oxygens (including phenoxy) is 1. The van der Waals surface area contributed by atoms with Gasteiger partial charge in [0.05, 0.1) is 16.9 Å². The van der Waals surface area contributed by atoms with Gasteiger partial charge >= 0.3 is 0 Å². The van der Waals surface area contributed by atoms with Crippen LogP contribution >= 0.6 is 0 Å². The molecule has 0 N–H and O–H groups in total. The number of fused-ring (bicyclic) bond motifs is 8. The Morgan fingerprint density at radius 2 is 1.24 bits per heavy atom. The van der Waals surface area contributed by atoms with Crippen molar-refractivity contribution in [1.82, 2.24) is 4.98 Å². The van der Waals surface area contributed by atoms with Gasteiger partial charge in [0.25, 0.3) is 0 Å². The molecule has 55 heavy (non-hydrogen) atoms. The predicted molar refractivity (Wildman–Crippen MR) is 226 cm³/mol. The van der Waals surface area contributed by atoms with Crippen molar-refractivity contribution in [3.8, 4) is 39.5 Å². The molecule has 260 valence electrons. The Labute approximate surface area is 318 Å². The molecule has 0 saturated heterocycles. The van der Waals surface area contributed by atoms with Crippen LogP contribution in [0.2, 0.25) is 0 Å². The first-order valence-electron chi connectivity index (χ1n) is 18.8. The lowest BCUT2D eigenvalue weighted by Crippen LogP contribution is -2.12. The molecule has 0 spiro atoms. The van der Waals surface area contributed by atoms with Gasteiger partial charge in [-0.15, -0.1) is 0 Å². The molecule has 4 nitrogen and oxygen atoms in total. The fraction of sp³-hybridized carbons (Fsp3) is 0.0392. The SMILES string of the molecule is C1=CCC2Oc3cc(N(c4ccc(-c5cc6ccccc6c6ccccc56)cc4)c4ccccc4-c4ccccc4)c4oc(-c5ccccc5)nc4c3C2=C1. The summed E-state index contributed by atoms with van der Waals surface area (Å²) in [7, 11) is 0. The Kier molecular flexibility index (Phi) is 7.27. The third-order valence-corrected chi connectivity index (χ3v) is 11.0. The third-order valence-electron chi connectivity index (χ3n) is 11.0. The van der Waals surface area contributed by atoms with Gasteiger partial charge in [-0.05, 0) is 74.6 Å². The summed E-state index contributed by atoms with van der Waals surface area (Å²) < 4.78 is 13.6. The summed E-state index contributed by atoms with van der Waals surface area (Å²) in [5.41, 5.74) is 12.1. The standard InChI is InChI=1S/C51H34N2O2/c1-3-15-33(16-4-1)39-21-11-13-25-44(39)53(37-29-27-34(28-30-37)43-31-36-19-7-8-20-38(36)40-22-9-10-23-41(40)43)45-32-47-48(42-24-12-14-26-46(42)54-47)49-50(45)55-51(52-49)35-17-5-2-6-18-35/h1-25,27-32,46H,26H2. The van der Waals surface area contributed by atoms with Crippen LogP contribution in [-0.4, -0.2) is 11.1 Å². The van der Waals surface area contributed by atoms with E-state index in [4.69, 9.17) is 14.1 Å². The number of allylic oxidation sites excluding steroid dienone is 2. The lowest BCUT2D eigenvalue weighted by atomic mass is 9.93. The number of anilines is 3. The molecular weight excluding hydrogens is 673 g/mol. The number of oxazole rings is 1. The lowest BCUT2D eigenvalue weighted by molar-refractivity contribution is 0.279. The number of benzene rings is 8. The molecule has 4 heteroatoms. The number of hydrogen-bond acceptors (Lipinski definition) is 4. The zero-order valence-corrected chi connectivity index (χ0v) is 29.9. The molecular formula is C51H34N2O2. The maximum absolute atomic E-state index is 6.89. The molecule has 1 aromatic heterocycles. The molecule has 8 aromatic carbocycles. The first-order valence-corrected chi connectivity index (χ1v) is 18.8. The molecule has 2 aliphatic rings. The van der Waals surface area contributed by atoms with Crippen LogP contribution in [0.1, 0.15) is 12.0 Å². The highest BCUT2D eigenvalue weighted by molar-refractivity contribution is 6.14. The van der Waals surface area contributed by atoms with Crippen LogP contribution in [0.4, 0.5) is 17.1 Å². The zero-order chi connectivity index (χ0) is 36.3. The number of aromatic nitrogens is 1. The molecule has 2 heterocycles. The molecule has 11 rings (SSSR count). The maximum atomic E-state index is 6.89. The van der Waals surface area contributed by atoms with Gasteiger partial charge in [0.15, 0.2) is 5.58 Å². The van der Waals surface area contributed by atoms with E-state index in [-0.39, 0.29) is 6.10 Å². The van der Waals surface area contributed by atoms with Crippen LogP contribution in [0.3, 0.4) is 0 Å². The Morgan fingerprint density at radius 1 is 0.564 bits per heavy atom. The number of rotatable bonds is 6. The fourth-order valence-corrected chi connectivity index (χ4v) is 8.42. The van der Waals surface area contributed by atoms with Crippen molar-refractivity contribution in [2.75, 3.05) is 4.90 Å². The average molecular weight is 707 g/mol. The van der Waals surface area contributed by atoms with Gasteiger partial charge in [-0.25, -0.2) is 4.98 Å². The second-order valence-electron chi connectivity index (χ2n) is 14.2. The van der Waals surface area contributed by atoms with Crippen LogP contribution < -0.4 is 9.64 Å². The van der Waals surface area contributed by atoms with Gasteiger partial charge in [-0.3, -0.25) is 0 Å². The summed E-state index contributed by atoms with van der Waals surface area (Å²) in [6, 6.07) is 60.0. The van der Waals surface area contributed by atoms with Crippen molar-refractivity contribution in [1.29, 1.82) is 0 Å². The predicted octanol–water partition coefficient (Wildman–Crippen LogP) is 13.7. The van der Waals surface area contributed by atoms with Crippen molar-refractivity contribution in [3.63, 3.8) is 0 Å². The number of para-hydroxylation sites is 1. The quantitative estimate of drug-likeness (QED) is 0.161. The highest BCUT2D eigenvalue weighted by Crippen LogP contribution is 2.52. The molecule has 0 saturated carbocycles. The molecule has 9 aromatic rings. The van der Waals surface area contributed by atoms with E-state index in [1.54, 1.807) is 0 Å². The average Bonchev–Trinajstić information content (AvgIpc) is 3.87. The van der Waals surface area contributed by atoms with E-state index < -0.39 is 0 Å². The Morgan fingerprint density at radius 3 is 2.05 bits per heavy atom. The summed E-state index contributed by atoms with van der Waals surface area (Å²) in [5, 5.41) is 4.98. The van der Waals surface area contributed by atoms with E-state index in [1.807, 2.05) is 30.3 Å². The molecule has 0 bridgehead atoms. The van der Waals surface area contributed by atoms with Gasteiger partial charge in [0.1, 0.15) is 17.4 Å². The van der Waals surface area contributed by atoms with Crippen LogP contribution in [0.25, 0.3) is 71.9 Å². The van der Waals surface area contributed by atoms with Crippen molar-refractivity contribution in [2.24, 2.45) is 0 Å². The van der Waals surface area contributed by atoms with Crippen LogP contribution in [-0.2, 0) is 0 Å². The summed E-state index contributed by atoms with van der Waals surface area (Å²) in [6.07, 6.45) is 7.20. The van der Waals surface area contributed by atoms with Gasteiger partial charge in [-0.2, -0.15) is 0 Å². The lowest BCUT2D eigenvalue weighted by Gasteiger charge is -2.28. The zero-order valence-electron chi connectivity index (χ0n) is 29.9. The van der Waals surface area contributed by atoms with Crippen molar-refractivity contribution in [3.05, 3.63) is 194 Å². The van der Waals surface area contributed by atoms with E-state index in [0.717, 1.165) is 68.1 Å². The smallest absolute Gasteiger partial charge is 0.227 e. The summed E-state index contributed by atoms with van der Waals surface area (Å²) in [6.45, 7) is 0. The highest BCUT2D eigenvalue weighted by atomic mass is 16.5. The van der Waals surface area contributed by atoms with Crippen molar-refractivity contribution in [2.45, 2.75) is 12.5 Å². The topological polar surface area (TPSA) is 38.5 Å². The Hall–Kier alpha value is -7.17. The maximum Gasteiger partial charge on any atom is 0.227 e. The third kappa shape index (κ3) is 5.18. The van der Waals surface area contributed by atoms with Gasteiger partial charge < -0.3 is 14.1 Å². The molecule has 0 radical (unpaired) electrons. The molecule has 1 aliphatic carbocycles. The minimum absolute atomic E-state index is 0.0589. The normalized spacial score (nSPS) is 14.5. The number of nitrogens with zero attached hydrogens (tertiary/aromatic N) is 2. The number of hydrogen-bond donors (Lipinski definition) is 0. The molecule has 1 aliphatic heterocycles. The fourth-order valence-electron chi connectivity index (χ4n) is 8.42. The van der Waals surface area contributed by atoms with E-state index in [1.165, 1.54) is 27.1 Å². The van der Waals surface area contributed by atoms with Crippen molar-refractivity contribution >= 4 is 55.3 Å². The van der Waals surface area contributed by atoms with Crippen molar-refractivity contribution < 1.29 is 9.15 Å². The minimum Gasteiger partial charge on any atom is -0.485 e. The van der Waals surface area contributed by atoms with Crippen LogP contribution in [0.15, 0.2) is 193 Å². The van der Waals surface area contributed by atoms with E-state index in [0.29, 0.717) is 11.5 Å². The first-order chi connectivity index (χ1) is 27.3. The molecule has 0 amide bonds. The Bertz CT molecular complexity index is 2980. The molecule has 1 atom stereocenters. The molecule has 1 unspecified atom stereocenters. The summed E-state index contributed by atoms with van der Waals surface area (Å²) in [5.74, 6) is 1.40. The van der Waals surface area contributed by atoms with Gasteiger partial charge in [-0.1, -0.05) is 146 Å². The monoisotopic (exact) mass is 706 g/mol.